The molecule has 0 saturated heterocycles. The summed E-state index contributed by atoms with van der Waals surface area (Å²) < 4.78 is 6.48. The first-order valence-corrected chi connectivity index (χ1v) is 17.0. The molecule has 3 nitrogen and oxygen atoms in total. The summed E-state index contributed by atoms with van der Waals surface area (Å²) in [4.78, 5) is 12.5. The normalized spacial score (nSPS) is 15.6. The first-order chi connectivity index (χ1) is 15.3. The van der Waals surface area contributed by atoms with Crippen LogP contribution in [0.4, 0.5) is 0 Å². The van der Waals surface area contributed by atoms with E-state index < -0.39 is 16.6 Å². The molecule has 0 radical (unpaired) electrons. The fourth-order valence-corrected chi connectivity index (χ4v) is 9.12. The molecule has 5 heteroatoms. The van der Waals surface area contributed by atoms with Crippen molar-refractivity contribution in [2.45, 2.75) is 77.2 Å². The van der Waals surface area contributed by atoms with Gasteiger partial charge in [-0.3, -0.25) is 0 Å². The van der Waals surface area contributed by atoms with Gasteiger partial charge in [0.25, 0.3) is 8.32 Å². The summed E-state index contributed by atoms with van der Waals surface area (Å²) in [5.41, 5.74) is 6.76. The summed E-state index contributed by atoms with van der Waals surface area (Å²) in [6, 6.07) is 20.3. The Balaban J connectivity index is 2.38. The molecule has 2 rings (SSSR count). The van der Waals surface area contributed by atoms with Gasteiger partial charge in [0.2, 0.25) is 0 Å². The van der Waals surface area contributed by atoms with Gasteiger partial charge in [-0.25, -0.2) is 0 Å². The number of nitrogens with two attached hydrogens (primary N) is 1. The van der Waals surface area contributed by atoms with Crippen LogP contribution < -0.4 is 16.1 Å². The van der Waals surface area contributed by atoms with Gasteiger partial charge >= 0.3 is 0 Å². The van der Waals surface area contributed by atoms with Crippen molar-refractivity contribution < 1.29 is 9.22 Å². The van der Waals surface area contributed by atoms with E-state index in [1.165, 1.54) is 0 Å². The fourth-order valence-electron chi connectivity index (χ4n) is 4.30. The second-order valence-electron chi connectivity index (χ2n) is 11.5. The molecular weight excluding hydrogens is 438 g/mol. The van der Waals surface area contributed by atoms with Crippen LogP contribution in [0.1, 0.15) is 48.0 Å². The van der Waals surface area contributed by atoms with E-state index in [9.17, 15) is 4.80 Å². The van der Waals surface area contributed by atoms with Crippen LogP contribution >= 0.6 is 0 Å². The van der Waals surface area contributed by atoms with E-state index in [4.69, 9.17) is 10.2 Å². The van der Waals surface area contributed by atoms with Crippen LogP contribution in [-0.2, 0) is 4.43 Å². The molecular formula is C28H45NO2Si2. The minimum atomic E-state index is -3.08. The molecule has 2 aromatic rings. The number of rotatable bonds is 10. The average Bonchev–Trinajstić information content (AvgIpc) is 2.76. The standard InChI is InChI=1S/C28H45NO2Si2/c1-9-16-23(26(29)22-31-32(7,8)27(2,3)4)21-28(5,6)33(30,24-17-12-10-13-18-24)25-19-14-11-15-20-25/h9-20,23,26,30H,21-22,29H2,1-8H3/b16-9+/t23-,26-/m0/s1. The molecule has 0 spiro atoms. The zero-order valence-electron chi connectivity index (χ0n) is 21.9. The lowest BCUT2D eigenvalue weighted by Gasteiger charge is -2.44. The predicted octanol–water partition coefficient (Wildman–Crippen LogP) is 5.45. The van der Waals surface area contributed by atoms with Crippen LogP contribution in [0.15, 0.2) is 72.8 Å². The molecule has 33 heavy (non-hydrogen) atoms. The summed E-state index contributed by atoms with van der Waals surface area (Å²) in [6.07, 6.45) is 5.07. The van der Waals surface area contributed by atoms with Gasteiger partial charge in [0.15, 0.2) is 8.32 Å². The molecule has 0 aromatic heterocycles. The molecule has 0 fully saturated rings. The van der Waals surface area contributed by atoms with Gasteiger partial charge in [-0.15, -0.1) is 0 Å². The predicted molar refractivity (Wildman–Crippen MR) is 148 cm³/mol. The second kappa shape index (κ2) is 10.8. The maximum Gasteiger partial charge on any atom is 0.258 e. The molecule has 0 aliphatic heterocycles. The van der Waals surface area contributed by atoms with E-state index in [2.05, 4.69) is 84.1 Å². The van der Waals surface area contributed by atoms with Gasteiger partial charge in [0.05, 0.1) is 0 Å². The Bertz CT molecular complexity index is 850. The van der Waals surface area contributed by atoms with Crippen molar-refractivity contribution >= 4 is 27.0 Å². The third kappa shape index (κ3) is 6.34. The quantitative estimate of drug-likeness (QED) is 0.349. The number of benzene rings is 2. The Morgan fingerprint density at radius 3 is 1.76 bits per heavy atom. The Morgan fingerprint density at radius 1 is 0.909 bits per heavy atom. The third-order valence-corrected chi connectivity index (χ3v) is 16.5. The Hall–Kier alpha value is -1.51. The average molecular weight is 484 g/mol. The number of allylic oxidation sites excluding steroid dienone is 1. The van der Waals surface area contributed by atoms with Crippen molar-refractivity contribution in [3.8, 4) is 0 Å². The van der Waals surface area contributed by atoms with Gasteiger partial charge in [-0.05, 0) is 52.8 Å². The first-order valence-electron chi connectivity index (χ1n) is 12.1. The molecule has 0 amide bonds. The Morgan fingerprint density at radius 2 is 1.36 bits per heavy atom. The van der Waals surface area contributed by atoms with Crippen LogP contribution in [0.3, 0.4) is 0 Å². The minimum Gasteiger partial charge on any atom is -0.424 e. The van der Waals surface area contributed by atoms with Gasteiger partial charge in [-0.2, -0.15) is 0 Å². The summed E-state index contributed by atoms with van der Waals surface area (Å²) in [5.74, 6) is 0.112. The van der Waals surface area contributed by atoms with Crippen LogP contribution in [0.2, 0.25) is 23.2 Å². The lowest BCUT2D eigenvalue weighted by atomic mass is 9.90. The summed E-state index contributed by atoms with van der Waals surface area (Å²) in [7, 11) is -4.96. The summed E-state index contributed by atoms with van der Waals surface area (Å²) in [5, 5.41) is 1.86. The zero-order chi connectivity index (χ0) is 24.9. The van der Waals surface area contributed by atoms with Crippen LogP contribution in [0.5, 0.6) is 0 Å². The molecule has 0 aliphatic rings. The molecule has 0 unspecified atom stereocenters. The third-order valence-electron chi connectivity index (χ3n) is 7.54. The highest BCUT2D eigenvalue weighted by molar-refractivity contribution is 6.98. The lowest BCUT2D eigenvalue weighted by Crippen LogP contribution is -2.66. The Labute approximate surface area is 204 Å². The van der Waals surface area contributed by atoms with E-state index in [0.29, 0.717) is 6.61 Å². The van der Waals surface area contributed by atoms with Gasteiger partial charge in [0, 0.05) is 12.6 Å². The van der Waals surface area contributed by atoms with Gasteiger partial charge < -0.3 is 15.0 Å². The van der Waals surface area contributed by atoms with E-state index >= 15 is 0 Å². The molecule has 2 aromatic carbocycles. The largest absolute Gasteiger partial charge is 0.424 e. The highest BCUT2D eigenvalue weighted by atomic mass is 28.4. The van der Waals surface area contributed by atoms with E-state index in [1.54, 1.807) is 0 Å². The highest BCUT2D eigenvalue weighted by Crippen LogP contribution is 2.43. The van der Waals surface area contributed by atoms with Gasteiger partial charge in [0.1, 0.15) is 0 Å². The van der Waals surface area contributed by atoms with Crippen molar-refractivity contribution in [2.24, 2.45) is 11.7 Å². The van der Waals surface area contributed by atoms with Gasteiger partial charge in [-0.1, -0.05) is 107 Å². The molecule has 0 saturated carbocycles. The number of hydrogen-bond donors (Lipinski definition) is 2. The maximum atomic E-state index is 12.5. The van der Waals surface area contributed by atoms with Crippen molar-refractivity contribution in [1.82, 2.24) is 0 Å². The van der Waals surface area contributed by atoms with E-state index in [1.807, 2.05) is 43.3 Å². The smallest absolute Gasteiger partial charge is 0.258 e. The summed E-state index contributed by atoms with van der Waals surface area (Å²) >= 11 is 0. The van der Waals surface area contributed by atoms with Crippen LogP contribution in [0.25, 0.3) is 0 Å². The molecule has 182 valence electrons. The molecule has 3 N–H and O–H groups in total. The maximum absolute atomic E-state index is 12.5. The SMILES string of the molecule is C/C=C/[C@@H](CC(C)(C)[Si](O)(c1ccccc1)c1ccccc1)[C@@H](N)CO[Si](C)(C)C(C)(C)C. The highest BCUT2D eigenvalue weighted by Gasteiger charge is 2.51. The van der Waals surface area contributed by atoms with E-state index in [-0.39, 0.29) is 22.0 Å². The van der Waals surface area contributed by atoms with E-state index in [0.717, 1.165) is 16.8 Å². The van der Waals surface area contributed by atoms with Crippen molar-refractivity contribution in [3.05, 3.63) is 72.8 Å². The van der Waals surface area contributed by atoms with Crippen molar-refractivity contribution in [1.29, 1.82) is 0 Å². The summed E-state index contributed by atoms with van der Waals surface area (Å²) in [6.45, 7) is 18.3. The Kier molecular flexibility index (Phi) is 9.10. The number of hydrogen-bond acceptors (Lipinski definition) is 3. The fraction of sp³-hybridized carbons (Fsp3) is 0.500. The topological polar surface area (TPSA) is 55.5 Å². The van der Waals surface area contributed by atoms with Crippen LogP contribution in [0, 0.1) is 5.92 Å². The van der Waals surface area contributed by atoms with Crippen molar-refractivity contribution in [3.63, 3.8) is 0 Å². The second-order valence-corrected chi connectivity index (χ2v) is 20.2. The first kappa shape index (κ1) is 27.7. The van der Waals surface area contributed by atoms with Crippen LogP contribution in [-0.4, -0.2) is 34.1 Å². The molecule has 0 aliphatic carbocycles. The molecule has 0 bridgehead atoms. The van der Waals surface area contributed by atoms with Crippen molar-refractivity contribution in [2.75, 3.05) is 6.61 Å². The molecule has 2 atom stereocenters. The lowest BCUT2D eigenvalue weighted by molar-refractivity contribution is 0.230. The zero-order valence-corrected chi connectivity index (χ0v) is 23.9. The monoisotopic (exact) mass is 483 g/mol. The minimum absolute atomic E-state index is 0.112. The molecule has 0 heterocycles.